The Labute approximate surface area is 156 Å². The zero-order valence-corrected chi connectivity index (χ0v) is 16.3. The van der Waals surface area contributed by atoms with Gasteiger partial charge in [-0.1, -0.05) is 37.2 Å². The quantitative estimate of drug-likeness (QED) is 0.409. The van der Waals surface area contributed by atoms with E-state index in [2.05, 4.69) is 47.6 Å². The van der Waals surface area contributed by atoms with Gasteiger partial charge in [0.25, 0.3) is 0 Å². The largest absolute Gasteiger partial charge is 0.493 e. The Hall–Kier alpha value is -2.50. The molecule has 0 amide bonds. The summed E-state index contributed by atoms with van der Waals surface area (Å²) in [7, 11) is 1.77. The van der Waals surface area contributed by atoms with E-state index < -0.39 is 0 Å². The van der Waals surface area contributed by atoms with E-state index in [1.165, 1.54) is 0 Å². The molecule has 0 spiro atoms. The standard InChI is InChI=1S/C20H30N4O2/c1-5-17-16(18(6-2)26-24-17)14-23-20(21-4)22-12-9-13-25-19-11-8-7-10-15(19)3/h7-8,10-11H,5-6,9,12-14H2,1-4H3,(H2,21,22,23). The Kier molecular flexibility index (Phi) is 7.99. The number of aliphatic imine (C=N–C) groups is 1. The van der Waals surface area contributed by atoms with Crippen molar-refractivity contribution in [3.05, 3.63) is 46.8 Å². The number of para-hydroxylation sites is 1. The number of guanidine groups is 1. The van der Waals surface area contributed by atoms with Crippen molar-refractivity contribution in [2.75, 3.05) is 20.2 Å². The van der Waals surface area contributed by atoms with E-state index in [4.69, 9.17) is 9.26 Å². The van der Waals surface area contributed by atoms with E-state index in [1.54, 1.807) is 7.05 Å². The average Bonchev–Trinajstić information content (AvgIpc) is 3.07. The summed E-state index contributed by atoms with van der Waals surface area (Å²) >= 11 is 0. The zero-order chi connectivity index (χ0) is 18.8. The summed E-state index contributed by atoms with van der Waals surface area (Å²) in [6, 6.07) is 8.06. The number of hydrogen-bond acceptors (Lipinski definition) is 4. The zero-order valence-electron chi connectivity index (χ0n) is 16.3. The predicted octanol–water partition coefficient (Wildman–Crippen LogP) is 3.24. The van der Waals surface area contributed by atoms with Gasteiger partial charge in [-0.25, -0.2) is 0 Å². The van der Waals surface area contributed by atoms with Crippen molar-refractivity contribution in [1.82, 2.24) is 15.8 Å². The summed E-state index contributed by atoms with van der Waals surface area (Å²) in [6.45, 7) is 8.33. The van der Waals surface area contributed by atoms with E-state index in [-0.39, 0.29) is 0 Å². The van der Waals surface area contributed by atoms with Crippen LogP contribution in [0.4, 0.5) is 0 Å². The van der Waals surface area contributed by atoms with Crippen LogP contribution in [0, 0.1) is 6.92 Å². The first-order valence-corrected chi connectivity index (χ1v) is 9.28. The molecule has 2 aromatic rings. The molecule has 0 unspecified atom stereocenters. The van der Waals surface area contributed by atoms with Crippen LogP contribution >= 0.6 is 0 Å². The Balaban J connectivity index is 1.73. The lowest BCUT2D eigenvalue weighted by atomic mass is 10.1. The highest BCUT2D eigenvalue weighted by molar-refractivity contribution is 5.79. The number of nitrogens with one attached hydrogen (secondary N) is 2. The van der Waals surface area contributed by atoms with Crippen LogP contribution in [0.15, 0.2) is 33.8 Å². The molecule has 142 valence electrons. The van der Waals surface area contributed by atoms with Gasteiger partial charge >= 0.3 is 0 Å². The van der Waals surface area contributed by atoms with Crippen LogP contribution in [0.2, 0.25) is 0 Å². The molecule has 0 aliphatic heterocycles. The molecular weight excluding hydrogens is 328 g/mol. The molecule has 1 heterocycles. The highest BCUT2D eigenvalue weighted by Gasteiger charge is 2.13. The summed E-state index contributed by atoms with van der Waals surface area (Å²) in [5.74, 6) is 2.66. The molecule has 1 aromatic heterocycles. The van der Waals surface area contributed by atoms with E-state index in [1.807, 2.05) is 18.2 Å². The molecule has 0 atom stereocenters. The fourth-order valence-electron chi connectivity index (χ4n) is 2.71. The second-order valence-electron chi connectivity index (χ2n) is 6.06. The Morgan fingerprint density at radius 1 is 1.19 bits per heavy atom. The highest BCUT2D eigenvalue weighted by Crippen LogP contribution is 2.16. The van der Waals surface area contributed by atoms with Crippen LogP contribution in [0.25, 0.3) is 0 Å². The van der Waals surface area contributed by atoms with E-state index in [0.29, 0.717) is 13.2 Å². The van der Waals surface area contributed by atoms with Gasteiger partial charge in [-0.3, -0.25) is 4.99 Å². The number of ether oxygens (including phenoxy) is 1. The van der Waals surface area contributed by atoms with Crippen LogP contribution in [0.3, 0.4) is 0 Å². The number of hydrogen-bond donors (Lipinski definition) is 2. The van der Waals surface area contributed by atoms with Gasteiger partial charge in [0.05, 0.1) is 12.3 Å². The number of aromatic nitrogens is 1. The molecule has 0 saturated carbocycles. The molecular formula is C20H30N4O2. The maximum Gasteiger partial charge on any atom is 0.191 e. The maximum absolute atomic E-state index is 5.81. The highest BCUT2D eigenvalue weighted by atomic mass is 16.5. The summed E-state index contributed by atoms with van der Waals surface area (Å²) in [4.78, 5) is 4.27. The van der Waals surface area contributed by atoms with Crippen LogP contribution in [-0.4, -0.2) is 31.3 Å². The molecule has 0 fully saturated rings. The molecule has 0 aliphatic rings. The van der Waals surface area contributed by atoms with Crippen molar-refractivity contribution in [3.8, 4) is 5.75 Å². The van der Waals surface area contributed by atoms with Crippen LogP contribution in [0.5, 0.6) is 5.75 Å². The molecule has 6 heteroatoms. The van der Waals surface area contributed by atoms with Gasteiger partial charge in [0, 0.05) is 32.1 Å². The smallest absolute Gasteiger partial charge is 0.191 e. The fourth-order valence-corrected chi connectivity index (χ4v) is 2.71. The summed E-state index contributed by atoms with van der Waals surface area (Å²) < 4.78 is 11.2. The Morgan fingerprint density at radius 2 is 2.00 bits per heavy atom. The van der Waals surface area contributed by atoms with Crippen molar-refractivity contribution in [2.45, 2.75) is 46.6 Å². The van der Waals surface area contributed by atoms with Gasteiger partial charge in [-0.15, -0.1) is 0 Å². The van der Waals surface area contributed by atoms with Gasteiger partial charge in [-0.2, -0.15) is 0 Å². The van der Waals surface area contributed by atoms with Gasteiger partial charge in [-0.05, 0) is 31.4 Å². The number of benzene rings is 1. The van der Waals surface area contributed by atoms with Crippen LogP contribution in [0.1, 0.15) is 42.8 Å². The Morgan fingerprint density at radius 3 is 2.69 bits per heavy atom. The second-order valence-corrected chi connectivity index (χ2v) is 6.06. The molecule has 2 rings (SSSR count). The molecule has 0 saturated heterocycles. The summed E-state index contributed by atoms with van der Waals surface area (Å²) in [6.07, 6.45) is 2.60. The van der Waals surface area contributed by atoms with E-state index in [9.17, 15) is 0 Å². The first kappa shape index (κ1) is 19.8. The minimum Gasteiger partial charge on any atom is -0.493 e. The van der Waals surface area contributed by atoms with Crippen molar-refractivity contribution in [3.63, 3.8) is 0 Å². The van der Waals surface area contributed by atoms with Gasteiger partial charge in [0.1, 0.15) is 11.5 Å². The SMILES string of the molecule is CCc1noc(CC)c1CNC(=NC)NCCCOc1ccccc1C. The van der Waals surface area contributed by atoms with Crippen molar-refractivity contribution in [2.24, 2.45) is 4.99 Å². The lowest BCUT2D eigenvalue weighted by molar-refractivity contribution is 0.309. The third kappa shape index (κ3) is 5.51. The van der Waals surface area contributed by atoms with Crippen LogP contribution < -0.4 is 15.4 Å². The molecule has 1 aromatic carbocycles. The third-order valence-corrected chi connectivity index (χ3v) is 4.23. The van der Waals surface area contributed by atoms with E-state index in [0.717, 1.165) is 60.1 Å². The maximum atomic E-state index is 5.81. The lowest BCUT2D eigenvalue weighted by Crippen LogP contribution is -2.38. The second kappa shape index (κ2) is 10.5. The minimum absolute atomic E-state index is 0.662. The summed E-state index contributed by atoms with van der Waals surface area (Å²) in [5, 5.41) is 10.8. The molecule has 6 nitrogen and oxygen atoms in total. The first-order chi connectivity index (χ1) is 12.7. The van der Waals surface area contributed by atoms with Crippen molar-refractivity contribution >= 4 is 5.96 Å². The Bertz CT molecular complexity index is 688. The number of rotatable bonds is 9. The molecule has 0 aliphatic carbocycles. The van der Waals surface area contributed by atoms with Crippen LogP contribution in [-0.2, 0) is 19.4 Å². The first-order valence-electron chi connectivity index (χ1n) is 9.28. The fraction of sp³-hybridized carbons (Fsp3) is 0.500. The number of nitrogens with zero attached hydrogens (tertiary/aromatic N) is 2. The molecule has 0 radical (unpaired) electrons. The van der Waals surface area contributed by atoms with Gasteiger partial charge < -0.3 is 19.9 Å². The van der Waals surface area contributed by atoms with Gasteiger partial charge in [0.2, 0.25) is 0 Å². The third-order valence-electron chi connectivity index (χ3n) is 4.23. The summed E-state index contributed by atoms with van der Waals surface area (Å²) in [5.41, 5.74) is 3.31. The minimum atomic E-state index is 0.662. The van der Waals surface area contributed by atoms with Crippen molar-refractivity contribution in [1.29, 1.82) is 0 Å². The molecule has 2 N–H and O–H groups in total. The van der Waals surface area contributed by atoms with Crippen molar-refractivity contribution < 1.29 is 9.26 Å². The van der Waals surface area contributed by atoms with Gasteiger partial charge in [0.15, 0.2) is 5.96 Å². The molecule has 0 bridgehead atoms. The normalized spacial score (nSPS) is 11.5. The monoisotopic (exact) mass is 358 g/mol. The van der Waals surface area contributed by atoms with E-state index >= 15 is 0 Å². The number of aryl methyl sites for hydroxylation is 3. The lowest BCUT2D eigenvalue weighted by Gasteiger charge is -2.13. The topological polar surface area (TPSA) is 71.7 Å². The molecule has 26 heavy (non-hydrogen) atoms. The predicted molar refractivity (Wildman–Crippen MR) is 105 cm³/mol. The average molecular weight is 358 g/mol.